The quantitative estimate of drug-likeness (QED) is 0.766. The van der Waals surface area contributed by atoms with Crippen LogP contribution < -0.4 is 0 Å². The van der Waals surface area contributed by atoms with E-state index in [1.807, 2.05) is 0 Å². The molecule has 1 aliphatic heterocycles. The van der Waals surface area contributed by atoms with E-state index in [0.717, 1.165) is 26.1 Å². The van der Waals surface area contributed by atoms with Crippen molar-refractivity contribution in [1.29, 1.82) is 0 Å². The summed E-state index contributed by atoms with van der Waals surface area (Å²) in [5, 5.41) is 0. The number of carbonyl (C=O) groups excluding carboxylic acids is 1. The fraction of sp³-hybridized carbons (Fsp3) is 0.938. The van der Waals surface area contributed by atoms with E-state index in [9.17, 15) is 4.79 Å². The average molecular weight is 266 g/mol. The maximum atomic E-state index is 12.3. The Morgan fingerprint density at radius 2 is 1.68 bits per heavy atom. The number of Topliss-reactive ketones (excluding diaryl/α,β-unsaturated/α-hetero) is 1. The summed E-state index contributed by atoms with van der Waals surface area (Å²) in [7, 11) is 2.21. The molecule has 0 aromatic carbocycles. The molecule has 0 spiro atoms. The molecule has 1 saturated carbocycles. The fourth-order valence-electron chi connectivity index (χ4n) is 3.92. The number of ketones is 1. The molecule has 0 bridgehead atoms. The van der Waals surface area contributed by atoms with Crippen molar-refractivity contribution in [3.05, 3.63) is 0 Å². The third-order valence-corrected chi connectivity index (χ3v) is 5.31. The van der Waals surface area contributed by atoms with Crippen LogP contribution in [0.2, 0.25) is 0 Å². The molecule has 1 aliphatic carbocycles. The van der Waals surface area contributed by atoms with Crippen LogP contribution in [0.3, 0.4) is 0 Å². The SMILES string of the molecule is CC1CC(=O)C(CN2CC(C)N(C)C(C)C2)C(C)C1. The van der Waals surface area contributed by atoms with Crippen molar-refractivity contribution in [2.75, 3.05) is 26.7 Å². The maximum absolute atomic E-state index is 12.3. The number of piperazine rings is 1. The Hall–Kier alpha value is -0.410. The predicted octanol–water partition coefficient (Wildman–Crippen LogP) is 2.26. The smallest absolute Gasteiger partial charge is 0.137 e. The van der Waals surface area contributed by atoms with Crippen LogP contribution in [0.25, 0.3) is 0 Å². The molecular formula is C16H30N2O. The standard InChI is InChI=1S/C16H30N2O/c1-11-6-12(2)15(16(19)7-11)10-18-8-13(3)17(5)14(4)9-18/h11-15H,6-10H2,1-5H3. The average Bonchev–Trinajstić information content (AvgIpc) is 2.30. The third kappa shape index (κ3) is 3.38. The lowest BCUT2D eigenvalue weighted by Gasteiger charge is -2.44. The molecule has 2 rings (SSSR count). The van der Waals surface area contributed by atoms with Crippen LogP contribution in [-0.4, -0.2) is 54.3 Å². The van der Waals surface area contributed by atoms with Gasteiger partial charge < -0.3 is 0 Å². The maximum Gasteiger partial charge on any atom is 0.137 e. The number of nitrogens with zero attached hydrogens (tertiary/aromatic N) is 2. The molecule has 5 unspecified atom stereocenters. The molecule has 0 radical (unpaired) electrons. The van der Waals surface area contributed by atoms with E-state index >= 15 is 0 Å². The van der Waals surface area contributed by atoms with E-state index in [1.165, 1.54) is 6.42 Å². The van der Waals surface area contributed by atoms with Gasteiger partial charge >= 0.3 is 0 Å². The highest BCUT2D eigenvalue weighted by Gasteiger charge is 2.35. The molecule has 2 aliphatic rings. The van der Waals surface area contributed by atoms with Gasteiger partial charge in [-0.25, -0.2) is 0 Å². The van der Waals surface area contributed by atoms with E-state index in [1.54, 1.807) is 0 Å². The molecule has 0 N–H and O–H groups in total. The molecule has 1 heterocycles. The molecule has 5 atom stereocenters. The molecule has 0 aromatic rings. The second-order valence-corrected chi connectivity index (χ2v) is 7.18. The molecule has 3 heteroatoms. The summed E-state index contributed by atoms with van der Waals surface area (Å²) in [6, 6.07) is 1.19. The first-order valence-electron chi connectivity index (χ1n) is 7.85. The van der Waals surface area contributed by atoms with Crippen LogP contribution >= 0.6 is 0 Å². The van der Waals surface area contributed by atoms with E-state index in [4.69, 9.17) is 0 Å². The van der Waals surface area contributed by atoms with Gasteiger partial charge in [-0.05, 0) is 39.2 Å². The van der Waals surface area contributed by atoms with Gasteiger partial charge in [0.2, 0.25) is 0 Å². The van der Waals surface area contributed by atoms with Crippen molar-refractivity contribution in [2.45, 2.75) is 52.6 Å². The summed E-state index contributed by atoms with van der Waals surface area (Å²) in [6.07, 6.45) is 2.02. The monoisotopic (exact) mass is 266 g/mol. The lowest BCUT2D eigenvalue weighted by atomic mass is 9.74. The Morgan fingerprint density at radius 3 is 2.21 bits per heavy atom. The minimum Gasteiger partial charge on any atom is -0.300 e. The Bertz CT molecular complexity index is 319. The number of likely N-dealkylation sites (N-methyl/N-ethyl adjacent to an activating group) is 1. The Balaban J connectivity index is 1.95. The first-order chi connectivity index (χ1) is 8.88. The van der Waals surface area contributed by atoms with Crippen molar-refractivity contribution in [3.63, 3.8) is 0 Å². The lowest BCUT2D eigenvalue weighted by molar-refractivity contribution is -0.129. The van der Waals surface area contributed by atoms with Crippen molar-refractivity contribution in [2.24, 2.45) is 17.8 Å². The first kappa shape index (κ1) is 15.0. The number of hydrogen-bond acceptors (Lipinski definition) is 3. The molecule has 0 aromatic heterocycles. The fourth-order valence-corrected chi connectivity index (χ4v) is 3.92. The zero-order valence-corrected chi connectivity index (χ0v) is 13.2. The molecule has 19 heavy (non-hydrogen) atoms. The lowest BCUT2D eigenvalue weighted by Crippen LogP contribution is -2.56. The minimum atomic E-state index is 0.277. The highest BCUT2D eigenvalue weighted by molar-refractivity contribution is 5.82. The van der Waals surface area contributed by atoms with Gasteiger partial charge in [0.25, 0.3) is 0 Å². The van der Waals surface area contributed by atoms with Gasteiger partial charge in [0.05, 0.1) is 0 Å². The third-order valence-electron chi connectivity index (χ3n) is 5.31. The van der Waals surface area contributed by atoms with Crippen LogP contribution in [0.4, 0.5) is 0 Å². The van der Waals surface area contributed by atoms with Crippen LogP contribution in [0.5, 0.6) is 0 Å². The van der Waals surface area contributed by atoms with Crippen LogP contribution in [0.1, 0.15) is 40.5 Å². The highest BCUT2D eigenvalue weighted by Crippen LogP contribution is 2.32. The first-order valence-corrected chi connectivity index (χ1v) is 7.85. The number of rotatable bonds is 2. The predicted molar refractivity (Wildman–Crippen MR) is 79.2 cm³/mol. The van der Waals surface area contributed by atoms with Crippen LogP contribution in [0, 0.1) is 17.8 Å². The number of carbonyl (C=O) groups is 1. The largest absolute Gasteiger partial charge is 0.300 e. The molecule has 110 valence electrons. The zero-order chi connectivity index (χ0) is 14.2. The van der Waals surface area contributed by atoms with Gasteiger partial charge in [0, 0.05) is 44.1 Å². The van der Waals surface area contributed by atoms with Crippen molar-refractivity contribution in [1.82, 2.24) is 9.80 Å². The molecular weight excluding hydrogens is 236 g/mol. The molecule has 1 saturated heterocycles. The second kappa shape index (κ2) is 5.92. The minimum absolute atomic E-state index is 0.277. The van der Waals surface area contributed by atoms with Gasteiger partial charge in [-0.3, -0.25) is 14.6 Å². The Labute approximate surface area is 118 Å². The normalized spacial score (nSPS) is 42.6. The topological polar surface area (TPSA) is 23.6 Å². The van der Waals surface area contributed by atoms with E-state index in [0.29, 0.717) is 29.7 Å². The summed E-state index contributed by atoms with van der Waals surface area (Å²) in [4.78, 5) is 17.2. The Morgan fingerprint density at radius 1 is 1.11 bits per heavy atom. The summed E-state index contributed by atoms with van der Waals surface area (Å²) in [5.74, 6) is 1.93. The summed E-state index contributed by atoms with van der Waals surface area (Å²) in [5.41, 5.74) is 0. The molecule has 3 nitrogen and oxygen atoms in total. The van der Waals surface area contributed by atoms with E-state index in [-0.39, 0.29) is 5.92 Å². The van der Waals surface area contributed by atoms with Gasteiger partial charge in [-0.15, -0.1) is 0 Å². The molecule has 2 fully saturated rings. The number of hydrogen-bond donors (Lipinski definition) is 0. The van der Waals surface area contributed by atoms with Gasteiger partial charge in [0.15, 0.2) is 0 Å². The van der Waals surface area contributed by atoms with Gasteiger partial charge in [-0.2, -0.15) is 0 Å². The summed E-state index contributed by atoms with van der Waals surface area (Å²) >= 11 is 0. The van der Waals surface area contributed by atoms with Crippen molar-refractivity contribution < 1.29 is 4.79 Å². The Kier molecular flexibility index (Phi) is 4.67. The second-order valence-electron chi connectivity index (χ2n) is 7.18. The van der Waals surface area contributed by atoms with E-state index in [2.05, 4.69) is 44.5 Å². The van der Waals surface area contributed by atoms with Crippen molar-refractivity contribution in [3.8, 4) is 0 Å². The van der Waals surface area contributed by atoms with Crippen LogP contribution in [-0.2, 0) is 4.79 Å². The van der Waals surface area contributed by atoms with Gasteiger partial charge in [-0.1, -0.05) is 13.8 Å². The summed E-state index contributed by atoms with van der Waals surface area (Å²) < 4.78 is 0. The zero-order valence-electron chi connectivity index (χ0n) is 13.2. The van der Waals surface area contributed by atoms with E-state index < -0.39 is 0 Å². The highest BCUT2D eigenvalue weighted by atomic mass is 16.1. The van der Waals surface area contributed by atoms with Crippen LogP contribution in [0.15, 0.2) is 0 Å². The van der Waals surface area contributed by atoms with Crippen molar-refractivity contribution >= 4 is 5.78 Å². The van der Waals surface area contributed by atoms with Gasteiger partial charge in [0.1, 0.15) is 5.78 Å². The molecule has 0 amide bonds. The summed E-state index contributed by atoms with van der Waals surface area (Å²) in [6.45, 7) is 12.2.